The van der Waals surface area contributed by atoms with Crippen LogP contribution in [0.4, 0.5) is 10.5 Å². The maximum atomic E-state index is 12.2. The zero-order valence-electron chi connectivity index (χ0n) is 10.6. The molecule has 104 valence electrons. The van der Waals surface area contributed by atoms with Gasteiger partial charge in [0, 0.05) is 18.8 Å². The van der Waals surface area contributed by atoms with Crippen molar-refractivity contribution in [3.63, 3.8) is 0 Å². The van der Waals surface area contributed by atoms with Crippen molar-refractivity contribution in [3.05, 3.63) is 24.3 Å². The van der Waals surface area contributed by atoms with E-state index in [2.05, 4.69) is 10.1 Å². The summed E-state index contributed by atoms with van der Waals surface area (Å²) in [5.74, 6) is 0. The van der Waals surface area contributed by atoms with Crippen LogP contribution >= 0.6 is 0 Å². The third kappa shape index (κ3) is 3.05. The second kappa shape index (κ2) is 5.58. The van der Waals surface area contributed by atoms with Crippen LogP contribution in [0.3, 0.4) is 0 Å². The average Bonchev–Trinajstić information content (AvgIpc) is 2.94. The molecule has 0 unspecified atom stereocenters. The van der Waals surface area contributed by atoms with Gasteiger partial charge < -0.3 is 4.74 Å². The van der Waals surface area contributed by atoms with Crippen LogP contribution in [0, 0.1) is 0 Å². The van der Waals surface area contributed by atoms with E-state index in [-0.39, 0.29) is 4.90 Å². The summed E-state index contributed by atoms with van der Waals surface area (Å²) in [5.41, 5.74) is 0.493. The van der Waals surface area contributed by atoms with Crippen LogP contribution in [0.25, 0.3) is 0 Å². The highest BCUT2D eigenvalue weighted by atomic mass is 32.2. The highest BCUT2D eigenvalue weighted by Crippen LogP contribution is 2.22. The van der Waals surface area contributed by atoms with Crippen molar-refractivity contribution in [2.24, 2.45) is 0 Å². The molecule has 0 aliphatic carbocycles. The molecule has 7 heteroatoms. The molecule has 0 bridgehead atoms. The lowest BCUT2D eigenvalue weighted by Gasteiger charge is -2.15. The molecule has 0 atom stereocenters. The predicted octanol–water partition coefficient (Wildman–Crippen LogP) is 1.65. The molecule has 0 radical (unpaired) electrons. The Hall–Kier alpha value is -1.60. The van der Waals surface area contributed by atoms with Gasteiger partial charge >= 0.3 is 6.09 Å². The van der Waals surface area contributed by atoms with E-state index in [1.807, 2.05) is 0 Å². The lowest BCUT2D eigenvalue weighted by atomic mass is 10.3. The molecule has 1 aromatic rings. The zero-order chi connectivity index (χ0) is 13.9. The van der Waals surface area contributed by atoms with Crippen LogP contribution < -0.4 is 5.32 Å². The second-order valence-electron chi connectivity index (χ2n) is 4.25. The normalized spacial score (nSPS) is 16.3. The maximum Gasteiger partial charge on any atom is 0.411 e. The Morgan fingerprint density at radius 1 is 1.21 bits per heavy atom. The van der Waals surface area contributed by atoms with Gasteiger partial charge in [-0.25, -0.2) is 13.2 Å². The standard InChI is InChI=1S/C12H16N2O4S/c1-18-12(15)13-10-4-6-11(7-5-10)19(16,17)14-8-2-3-9-14/h4-7H,2-3,8-9H2,1H3,(H,13,15). The van der Waals surface area contributed by atoms with Gasteiger partial charge in [-0.1, -0.05) is 0 Å². The molecule has 1 aliphatic heterocycles. The van der Waals surface area contributed by atoms with E-state index < -0.39 is 16.1 Å². The molecule has 1 fully saturated rings. The summed E-state index contributed by atoms with van der Waals surface area (Å²) in [6, 6.07) is 6.05. The highest BCUT2D eigenvalue weighted by molar-refractivity contribution is 7.89. The minimum atomic E-state index is -3.40. The quantitative estimate of drug-likeness (QED) is 0.915. The number of hydrogen-bond donors (Lipinski definition) is 1. The number of sulfonamides is 1. The average molecular weight is 284 g/mol. The van der Waals surface area contributed by atoms with Crippen molar-refractivity contribution in [1.82, 2.24) is 4.31 Å². The molecular weight excluding hydrogens is 268 g/mol. The maximum absolute atomic E-state index is 12.2. The van der Waals surface area contributed by atoms with Crippen LogP contribution in [-0.4, -0.2) is 39.0 Å². The number of rotatable bonds is 3. The number of hydrogen-bond acceptors (Lipinski definition) is 4. The van der Waals surface area contributed by atoms with Gasteiger partial charge in [0.25, 0.3) is 0 Å². The Morgan fingerprint density at radius 3 is 2.32 bits per heavy atom. The zero-order valence-corrected chi connectivity index (χ0v) is 11.4. The number of amides is 1. The van der Waals surface area contributed by atoms with Crippen molar-refractivity contribution in [2.45, 2.75) is 17.7 Å². The molecule has 1 aromatic carbocycles. The van der Waals surface area contributed by atoms with E-state index in [0.29, 0.717) is 18.8 Å². The monoisotopic (exact) mass is 284 g/mol. The first-order valence-electron chi connectivity index (χ1n) is 5.99. The first-order valence-corrected chi connectivity index (χ1v) is 7.43. The minimum absolute atomic E-state index is 0.241. The van der Waals surface area contributed by atoms with Gasteiger partial charge in [0.1, 0.15) is 0 Å². The number of methoxy groups -OCH3 is 1. The van der Waals surface area contributed by atoms with Gasteiger partial charge in [-0.2, -0.15) is 4.31 Å². The fourth-order valence-corrected chi connectivity index (χ4v) is 3.47. The molecule has 0 aromatic heterocycles. The number of nitrogens with zero attached hydrogens (tertiary/aromatic N) is 1. The second-order valence-corrected chi connectivity index (χ2v) is 6.19. The third-order valence-corrected chi connectivity index (χ3v) is 4.90. The molecule has 6 nitrogen and oxygen atoms in total. The molecular formula is C12H16N2O4S. The summed E-state index contributed by atoms with van der Waals surface area (Å²) in [7, 11) is -2.13. The van der Waals surface area contributed by atoms with E-state index in [9.17, 15) is 13.2 Å². The van der Waals surface area contributed by atoms with E-state index >= 15 is 0 Å². The smallest absolute Gasteiger partial charge is 0.411 e. The molecule has 1 N–H and O–H groups in total. The largest absolute Gasteiger partial charge is 0.453 e. The molecule has 1 aliphatic rings. The van der Waals surface area contributed by atoms with Crippen LogP contribution in [0.1, 0.15) is 12.8 Å². The third-order valence-electron chi connectivity index (χ3n) is 2.99. The summed E-state index contributed by atoms with van der Waals surface area (Å²) >= 11 is 0. The van der Waals surface area contributed by atoms with Crippen molar-refractivity contribution in [1.29, 1.82) is 0 Å². The summed E-state index contributed by atoms with van der Waals surface area (Å²) in [4.78, 5) is 11.3. The number of anilines is 1. The van der Waals surface area contributed by atoms with Gasteiger partial charge in [0.05, 0.1) is 12.0 Å². The molecule has 1 saturated heterocycles. The Morgan fingerprint density at radius 2 is 1.79 bits per heavy atom. The number of ether oxygens (including phenoxy) is 1. The van der Waals surface area contributed by atoms with Gasteiger partial charge in [-0.15, -0.1) is 0 Å². The fourth-order valence-electron chi connectivity index (χ4n) is 1.96. The number of carbonyl (C=O) groups is 1. The van der Waals surface area contributed by atoms with Crippen molar-refractivity contribution >= 4 is 21.8 Å². The van der Waals surface area contributed by atoms with E-state index in [1.165, 1.54) is 23.5 Å². The Labute approximate surface area is 112 Å². The molecule has 1 heterocycles. The topological polar surface area (TPSA) is 75.7 Å². The minimum Gasteiger partial charge on any atom is -0.453 e. The Balaban J connectivity index is 2.15. The summed E-state index contributed by atoms with van der Waals surface area (Å²) in [6.07, 6.45) is 1.22. The number of benzene rings is 1. The SMILES string of the molecule is COC(=O)Nc1ccc(S(=O)(=O)N2CCCC2)cc1. The number of nitrogens with one attached hydrogen (secondary N) is 1. The molecule has 1 amide bonds. The lowest BCUT2D eigenvalue weighted by Crippen LogP contribution is -2.27. The van der Waals surface area contributed by atoms with E-state index in [1.54, 1.807) is 12.1 Å². The van der Waals surface area contributed by atoms with Gasteiger partial charge in [0.15, 0.2) is 0 Å². The summed E-state index contributed by atoms with van der Waals surface area (Å²) in [5, 5.41) is 2.47. The van der Waals surface area contributed by atoms with Crippen LogP contribution in [0.5, 0.6) is 0 Å². The van der Waals surface area contributed by atoms with Gasteiger partial charge in [-0.05, 0) is 37.1 Å². The van der Waals surface area contributed by atoms with Crippen LogP contribution in [0.15, 0.2) is 29.2 Å². The predicted molar refractivity (Wildman–Crippen MR) is 70.5 cm³/mol. The van der Waals surface area contributed by atoms with Gasteiger partial charge in [-0.3, -0.25) is 5.32 Å². The van der Waals surface area contributed by atoms with Crippen molar-refractivity contribution < 1.29 is 17.9 Å². The molecule has 0 saturated carbocycles. The highest BCUT2D eigenvalue weighted by Gasteiger charge is 2.26. The van der Waals surface area contributed by atoms with Crippen molar-refractivity contribution in [3.8, 4) is 0 Å². The molecule has 0 spiro atoms. The van der Waals surface area contributed by atoms with Crippen molar-refractivity contribution in [2.75, 3.05) is 25.5 Å². The first kappa shape index (κ1) is 13.8. The van der Waals surface area contributed by atoms with E-state index in [4.69, 9.17) is 0 Å². The lowest BCUT2D eigenvalue weighted by molar-refractivity contribution is 0.187. The van der Waals surface area contributed by atoms with Gasteiger partial charge in [0.2, 0.25) is 10.0 Å². The van der Waals surface area contributed by atoms with Crippen LogP contribution in [0.2, 0.25) is 0 Å². The fraction of sp³-hybridized carbons (Fsp3) is 0.417. The summed E-state index contributed by atoms with van der Waals surface area (Å²) < 4.78 is 30.4. The Bertz CT molecular complexity index is 548. The van der Waals surface area contributed by atoms with E-state index in [0.717, 1.165) is 12.8 Å². The Kier molecular flexibility index (Phi) is 4.06. The number of carbonyl (C=O) groups excluding carboxylic acids is 1. The first-order chi connectivity index (χ1) is 9.04. The summed E-state index contributed by atoms with van der Waals surface area (Å²) in [6.45, 7) is 1.15. The molecule has 2 rings (SSSR count). The van der Waals surface area contributed by atoms with Crippen LogP contribution in [-0.2, 0) is 14.8 Å². The molecule has 19 heavy (non-hydrogen) atoms.